The summed E-state index contributed by atoms with van der Waals surface area (Å²) < 4.78 is 38.2. The van der Waals surface area contributed by atoms with Gasteiger partial charge in [0, 0.05) is 6.54 Å². The van der Waals surface area contributed by atoms with Crippen LogP contribution >= 0.6 is 0 Å². The lowest BCUT2D eigenvalue weighted by Crippen LogP contribution is -2.52. The van der Waals surface area contributed by atoms with Crippen LogP contribution in [0.1, 0.15) is 56.1 Å². The van der Waals surface area contributed by atoms with Crippen LogP contribution in [0.25, 0.3) is 0 Å². The Balaban J connectivity index is 1.88. The lowest BCUT2D eigenvalue weighted by Gasteiger charge is -2.23. The van der Waals surface area contributed by atoms with Crippen molar-refractivity contribution in [2.75, 3.05) is 6.54 Å². The van der Waals surface area contributed by atoms with Gasteiger partial charge in [-0.25, -0.2) is 0 Å². The predicted molar refractivity (Wildman–Crippen MR) is 82.9 cm³/mol. The fraction of sp³-hybridized carbons (Fsp3) is 0.588. The van der Waals surface area contributed by atoms with Crippen molar-refractivity contribution in [3.05, 3.63) is 35.4 Å². The average molecular weight is 328 g/mol. The largest absolute Gasteiger partial charge is 0.416 e. The second-order valence-corrected chi connectivity index (χ2v) is 6.43. The number of halogens is 3. The van der Waals surface area contributed by atoms with E-state index in [0.29, 0.717) is 31.4 Å². The van der Waals surface area contributed by atoms with Gasteiger partial charge in [0.15, 0.2) is 0 Å². The van der Waals surface area contributed by atoms with Gasteiger partial charge in [0.05, 0.1) is 11.1 Å². The molecular weight excluding hydrogens is 305 g/mol. The van der Waals surface area contributed by atoms with Crippen LogP contribution in [0.3, 0.4) is 0 Å². The normalized spacial score (nSPS) is 18.7. The minimum absolute atomic E-state index is 0.0742. The number of hydrogen-bond acceptors (Lipinski definition) is 2. The summed E-state index contributed by atoms with van der Waals surface area (Å²) >= 11 is 0. The topological polar surface area (TPSA) is 55.1 Å². The van der Waals surface area contributed by atoms with Crippen molar-refractivity contribution < 1.29 is 18.0 Å². The molecule has 0 aliphatic heterocycles. The van der Waals surface area contributed by atoms with Crippen LogP contribution in [0.15, 0.2) is 24.3 Å². The van der Waals surface area contributed by atoms with Crippen LogP contribution < -0.4 is 11.1 Å². The molecule has 1 aliphatic rings. The Kier molecular flexibility index (Phi) is 5.34. The van der Waals surface area contributed by atoms with Gasteiger partial charge in [-0.2, -0.15) is 13.2 Å². The number of amides is 1. The predicted octanol–water partition coefficient (Wildman–Crippen LogP) is 3.59. The van der Waals surface area contributed by atoms with Gasteiger partial charge < -0.3 is 11.1 Å². The molecule has 1 saturated carbocycles. The van der Waals surface area contributed by atoms with Crippen molar-refractivity contribution in [3.8, 4) is 0 Å². The number of carbonyl (C=O) groups is 1. The standard InChI is InChI=1S/C17H23F3N2O/c1-12(13-5-4-6-14(11-13)17(18,19)20)7-10-22-15(23)16(21)8-2-3-9-16/h4-6,11-12H,2-3,7-10,21H2,1H3,(H,22,23). The van der Waals surface area contributed by atoms with Crippen LogP contribution in [0, 0.1) is 0 Å². The first-order chi connectivity index (χ1) is 10.7. The maximum Gasteiger partial charge on any atom is 0.416 e. The van der Waals surface area contributed by atoms with Crippen molar-refractivity contribution >= 4 is 5.91 Å². The molecule has 1 atom stereocenters. The minimum Gasteiger partial charge on any atom is -0.354 e. The molecule has 6 heteroatoms. The molecule has 1 aromatic rings. The summed E-state index contributed by atoms with van der Waals surface area (Å²) in [6.07, 6.45) is -0.444. The smallest absolute Gasteiger partial charge is 0.354 e. The molecule has 1 amide bonds. The summed E-state index contributed by atoms with van der Waals surface area (Å²) in [6, 6.07) is 5.34. The highest BCUT2D eigenvalue weighted by Crippen LogP contribution is 2.31. The van der Waals surface area contributed by atoms with E-state index in [0.717, 1.165) is 18.9 Å². The van der Waals surface area contributed by atoms with Gasteiger partial charge in [-0.05, 0) is 36.8 Å². The first kappa shape index (κ1) is 17.8. The lowest BCUT2D eigenvalue weighted by atomic mass is 9.95. The van der Waals surface area contributed by atoms with Crippen LogP contribution in [-0.4, -0.2) is 18.0 Å². The lowest BCUT2D eigenvalue weighted by molar-refractivity contribution is -0.137. The van der Waals surface area contributed by atoms with Crippen molar-refractivity contribution in [2.45, 2.75) is 56.7 Å². The summed E-state index contributed by atoms with van der Waals surface area (Å²) in [6.45, 7) is 2.27. The van der Waals surface area contributed by atoms with E-state index < -0.39 is 17.3 Å². The van der Waals surface area contributed by atoms with Crippen molar-refractivity contribution in [3.63, 3.8) is 0 Å². The third-order valence-electron chi connectivity index (χ3n) is 4.59. The van der Waals surface area contributed by atoms with E-state index in [1.165, 1.54) is 12.1 Å². The number of benzene rings is 1. The molecule has 1 fully saturated rings. The van der Waals surface area contributed by atoms with Gasteiger partial charge in [-0.1, -0.05) is 38.0 Å². The first-order valence-electron chi connectivity index (χ1n) is 7.97. The molecule has 0 heterocycles. The summed E-state index contributed by atoms with van der Waals surface area (Å²) in [5, 5.41) is 2.82. The Labute approximate surface area is 134 Å². The Bertz CT molecular complexity index is 551. The molecule has 3 N–H and O–H groups in total. The molecule has 2 rings (SSSR count). The van der Waals surface area contributed by atoms with Crippen LogP contribution in [-0.2, 0) is 11.0 Å². The zero-order valence-corrected chi connectivity index (χ0v) is 13.2. The molecular formula is C17H23F3N2O. The number of nitrogens with one attached hydrogen (secondary N) is 1. The van der Waals surface area contributed by atoms with E-state index in [2.05, 4.69) is 5.32 Å². The molecule has 1 aliphatic carbocycles. The highest BCUT2D eigenvalue weighted by Gasteiger charge is 2.36. The number of carbonyl (C=O) groups excluding carboxylic acids is 1. The van der Waals surface area contributed by atoms with Gasteiger partial charge in [0.2, 0.25) is 5.91 Å². The van der Waals surface area contributed by atoms with Gasteiger partial charge in [0.1, 0.15) is 0 Å². The number of nitrogens with two attached hydrogens (primary N) is 1. The van der Waals surface area contributed by atoms with Crippen LogP contribution in [0.5, 0.6) is 0 Å². The molecule has 23 heavy (non-hydrogen) atoms. The van der Waals surface area contributed by atoms with Crippen molar-refractivity contribution in [1.29, 1.82) is 0 Å². The molecule has 0 aromatic heterocycles. The highest BCUT2D eigenvalue weighted by molar-refractivity contribution is 5.86. The summed E-state index contributed by atoms with van der Waals surface area (Å²) in [5.41, 5.74) is 5.28. The Morgan fingerprint density at radius 2 is 2.00 bits per heavy atom. The maximum absolute atomic E-state index is 12.7. The Morgan fingerprint density at radius 3 is 2.61 bits per heavy atom. The zero-order valence-electron chi connectivity index (χ0n) is 13.2. The van der Waals surface area contributed by atoms with E-state index >= 15 is 0 Å². The highest BCUT2D eigenvalue weighted by atomic mass is 19.4. The summed E-state index contributed by atoms with van der Waals surface area (Å²) in [5.74, 6) is -0.221. The van der Waals surface area contributed by atoms with Crippen molar-refractivity contribution in [1.82, 2.24) is 5.32 Å². The van der Waals surface area contributed by atoms with Gasteiger partial charge in [0.25, 0.3) is 0 Å². The number of alkyl halides is 3. The first-order valence-corrected chi connectivity index (χ1v) is 7.97. The SMILES string of the molecule is CC(CCNC(=O)C1(N)CCCC1)c1cccc(C(F)(F)F)c1. The number of rotatable bonds is 5. The van der Waals surface area contributed by atoms with Crippen molar-refractivity contribution in [2.24, 2.45) is 5.73 Å². The fourth-order valence-electron chi connectivity index (χ4n) is 3.00. The van der Waals surface area contributed by atoms with E-state index in [-0.39, 0.29) is 11.8 Å². The van der Waals surface area contributed by atoms with Crippen LogP contribution in [0.2, 0.25) is 0 Å². The minimum atomic E-state index is -4.33. The third-order valence-corrected chi connectivity index (χ3v) is 4.59. The van der Waals surface area contributed by atoms with Gasteiger partial charge in [-0.3, -0.25) is 4.79 Å². The zero-order chi connectivity index (χ0) is 17.1. The van der Waals surface area contributed by atoms with E-state index in [9.17, 15) is 18.0 Å². The fourth-order valence-corrected chi connectivity index (χ4v) is 3.00. The Morgan fingerprint density at radius 1 is 1.35 bits per heavy atom. The monoisotopic (exact) mass is 328 g/mol. The third kappa shape index (κ3) is 4.47. The summed E-state index contributed by atoms with van der Waals surface area (Å²) in [4.78, 5) is 12.1. The second kappa shape index (κ2) is 6.91. The van der Waals surface area contributed by atoms with Gasteiger partial charge in [-0.15, -0.1) is 0 Å². The maximum atomic E-state index is 12.7. The number of hydrogen-bond donors (Lipinski definition) is 2. The van der Waals surface area contributed by atoms with Gasteiger partial charge >= 0.3 is 6.18 Å². The quantitative estimate of drug-likeness (QED) is 0.868. The molecule has 0 radical (unpaired) electrons. The molecule has 0 spiro atoms. The van der Waals surface area contributed by atoms with E-state index in [1.54, 1.807) is 6.07 Å². The van der Waals surface area contributed by atoms with E-state index in [4.69, 9.17) is 5.73 Å². The molecule has 1 aromatic carbocycles. The molecule has 0 saturated heterocycles. The average Bonchev–Trinajstić information content (AvgIpc) is 2.94. The molecule has 1 unspecified atom stereocenters. The summed E-state index contributed by atoms with van der Waals surface area (Å²) in [7, 11) is 0. The Hall–Kier alpha value is -1.56. The molecule has 3 nitrogen and oxygen atoms in total. The second-order valence-electron chi connectivity index (χ2n) is 6.43. The molecule has 0 bridgehead atoms. The molecule has 128 valence electrons. The van der Waals surface area contributed by atoms with Crippen LogP contribution in [0.4, 0.5) is 13.2 Å². The van der Waals surface area contributed by atoms with E-state index in [1.807, 2.05) is 6.92 Å².